The molecule has 0 bridgehead atoms. The Labute approximate surface area is 289 Å². The van der Waals surface area contributed by atoms with Crippen LogP contribution in [0.3, 0.4) is 0 Å². The largest absolute Gasteiger partial charge is 0.507 e. The van der Waals surface area contributed by atoms with Crippen molar-refractivity contribution in [2.75, 3.05) is 0 Å². The Hall–Kier alpha value is -6.04. The molecule has 4 heterocycles. The summed E-state index contributed by atoms with van der Waals surface area (Å²) in [5, 5.41) is 13.9. The molecule has 0 saturated carbocycles. The summed E-state index contributed by atoms with van der Waals surface area (Å²) in [4.78, 5) is 0. The number of aromatic nitrogens is 2. The third kappa shape index (κ3) is 3.26. The number of hydrogen-bond acceptors (Lipinski definition) is 3. The van der Waals surface area contributed by atoms with E-state index in [0.29, 0.717) is 38.2 Å². The zero-order valence-electron chi connectivity index (χ0n) is 36.9. The molecule has 0 aliphatic heterocycles. The van der Waals surface area contributed by atoms with Gasteiger partial charge >= 0.3 is 0 Å². The monoisotopic (exact) mass is 633 g/mol. The van der Waals surface area contributed by atoms with Crippen LogP contribution < -0.4 is 0 Å². The van der Waals surface area contributed by atoms with E-state index in [-0.39, 0.29) is 83.7 Å². The van der Waals surface area contributed by atoms with Crippen molar-refractivity contribution in [1.29, 1.82) is 0 Å². The second-order valence-electron chi connectivity index (χ2n) is 11.3. The third-order valence-electron chi connectivity index (χ3n) is 8.88. The van der Waals surface area contributed by atoms with Crippen molar-refractivity contribution in [2.24, 2.45) is 0 Å². The van der Waals surface area contributed by atoms with Crippen molar-refractivity contribution in [3.63, 3.8) is 0 Å². The first kappa shape index (κ1) is 16.0. The van der Waals surface area contributed by atoms with Crippen molar-refractivity contribution in [2.45, 2.75) is 0 Å². The lowest BCUT2D eigenvalue weighted by molar-refractivity contribution is 0.482. The van der Waals surface area contributed by atoms with Crippen LogP contribution in [-0.4, -0.2) is 14.2 Å². The first-order chi connectivity index (χ1) is 28.7. The van der Waals surface area contributed by atoms with Gasteiger partial charge in [-0.05, 0) is 66.5 Å². The van der Waals surface area contributed by atoms with Gasteiger partial charge in [-0.3, -0.25) is 0 Å². The predicted octanol–water partition coefficient (Wildman–Crippen LogP) is 11.9. The van der Waals surface area contributed by atoms with Gasteiger partial charge in [-0.2, -0.15) is 0 Å². The fourth-order valence-electron chi connectivity index (χ4n) is 7.03. The summed E-state index contributed by atoms with van der Waals surface area (Å²) in [6.07, 6.45) is 0. The number of aromatic hydroxyl groups is 1. The van der Waals surface area contributed by atoms with Crippen LogP contribution in [0.15, 0.2) is 144 Å². The number of para-hydroxylation sites is 3. The van der Waals surface area contributed by atoms with Gasteiger partial charge in [-0.15, -0.1) is 11.3 Å². The molecule has 11 aromatic rings. The van der Waals surface area contributed by atoms with Gasteiger partial charge in [0.2, 0.25) is 0 Å². The molecule has 4 nitrogen and oxygen atoms in total. The molecule has 11 rings (SSSR count). The molecule has 0 saturated heterocycles. The van der Waals surface area contributed by atoms with E-state index < -0.39 is 54.1 Å². The van der Waals surface area contributed by atoms with Gasteiger partial charge in [0, 0.05) is 52.8 Å². The summed E-state index contributed by atoms with van der Waals surface area (Å²) < 4.78 is 125. The summed E-state index contributed by atoms with van der Waals surface area (Å²) in [5.41, 5.74) is 1.72. The van der Waals surface area contributed by atoms with Crippen molar-refractivity contribution in [3.8, 4) is 17.1 Å². The van der Waals surface area contributed by atoms with Gasteiger partial charge in [0.25, 0.3) is 0 Å². The summed E-state index contributed by atoms with van der Waals surface area (Å²) in [6.45, 7) is 0. The maximum absolute atomic E-state index is 11.2. The van der Waals surface area contributed by atoms with E-state index in [9.17, 15) is 10.6 Å². The van der Waals surface area contributed by atoms with Crippen LogP contribution in [-0.2, 0) is 0 Å². The molecule has 0 aliphatic rings. The van der Waals surface area contributed by atoms with E-state index in [1.54, 1.807) is 27.3 Å². The Morgan fingerprint density at radius 3 is 2.26 bits per heavy atom. The Balaban J connectivity index is 1.37. The smallest absolute Gasteiger partial charge is 0.137 e. The predicted molar refractivity (Wildman–Crippen MR) is 197 cm³/mol. The minimum atomic E-state index is -0.594. The molecule has 5 heteroatoms. The van der Waals surface area contributed by atoms with Gasteiger partial charge in [-0.25, -0.2) is 0 Å². The van der Waals surface area contributed by atoms with E-state index in [0.717, 1.165) is 16.7 Å². The second-order valence-corrected chi connectivity index (χ2v) is 12.3. The average molecular weight is 634 g/mol. The lowest BCUT2D eigenvalue weighted by Crippen LogP contribution is -1.96. The van der Waals surface area contributed by atoms with Gasteiger partial charge in [0.15, 0.2) is 0 Å². The molecular formula is C42H24N2O2S. The summed E-state index contributed by atoms with van der Waals surface area (Å²) >= 11 is 0.914. The van der Waals surface area contributed by atoms with Crippen molar-refractivity contribution < 1.29 is 27.3 Å². The highest BCUT2D eigenvalue weighted by atomic mass is 32.1. The normalized spacial score (nSPS) is 16.2. The summed E-state index contributed by atoms with van der Waals surface area (Å²) in [6, 6.07) is 12.8. The molecule has 0 amide bonds. The Bertz CT molecular complexity index is 3850. The van der Waals surface area contributed by atoms with Gasteiger partial charge in [0.1, 0.15) is 16.9 Å². The molecule has 1 N–H and O–H groups in total. The molecule has 0 spiro atoms. The van der Waals surface area contributed by atoms with Crippen molar-refractivity contribution in [1.82, 2.24) is 9.13 Å². The number of nitrogens with zero attached hydrogens (tertiary/aromatic N) is 2. The number of hydrogen-bond donors (Lipinski definition) is 1. The van der Waals surface area contributed by atoms with Crippen molar-refractivity contribution in [3.05, 3.63) is 139 Å². The third-order valence-corrected chi connectivity index (χ3v) is 9.91. The Kier molecular flexibility index (Phi) is 3.07. The number of phenolic OH excluding ortho intramolecular Hbond substituents is 1. The number of benzene rings is 7. The number of thiophene rings is 1. The first-order valence-corrected chi connectivity index (χ1v) is 15.5. The van der Waals surface area contributed by atoms with Crippen LogP contribution in [0.4, 0.5) is 0 Å². The van der Waals surface area contributed by atoms with E-state index >= 15 is 0 Å². The lowest BCUT2D eigenvalue weighted by atomic mass is 10.1. The molecule has 0 aliphatic carbocycles. The van der Waals surface area contributed by atoms with Gasteiger partial charge in [-0.1, -0.05) is 72.7 Å². The minimum absolute atomic E-state index is 0.00891. The molecule has 47 heavy (non-hydrogen) atoms. The quantitative estimate of drug-likeness (QED) is 0.206. The fraction of sp³-hybridized carbons (Fsp3) is 0. The topological polar surface area (TPSA) is 43.2 Å². The van der Waals surface area contributed by atoms with Gasteiger partial charge in [0.05, 0.1) is 51.0 Å². The Morgan fingerprint density at radius 1 is 0.553 bits per heavy atom. The Morgan fingerprint density at radius 2 is 1.34 bits per heavy atom. The van der Waals surface area contributed by atoms with E-state index in [1.165, 1.54) is 0 Å². The molecule has 4 aromatic heterocycles. The first-order valence-electron chi connectivity index (χ1n) is 21.2. The van der Waals surface area contributed by atoms with Crippen LogP contribution in [0.1, 0.15) is 17.8 Å². The SMILES string of the molecule is [2H]c1c([2H])c([2H])c2c(oc3c([2H])c([2H])c([2H])c(-n4c5ccccc5c5ccc6c(c7ccccc7n6-c6c([2H])c([2H])c7sc8c([2H])c([2H])c([2H])c(O)c8c7c6[2H])c54)c32)c1[2H]. The van der Waals surface area contributed by atoms with Crippen LogP contribution >= 0.6 is 11.3 Å². The molecule has 0 fully saturated rings. The van der Waals surface area contributed by atoms with Crippen LogP contribution in [0.2, 0.25) is 0 Å². The highest BCUT2D eigenvalue weighted by Gasteiger charge is 2.23. The number of fused-ring (bicyclic) bond motifs is 13. The lowest BCUT2D eigenvalue weighted by Gasteiger charge is -2.11. The van der Waals surface area contributed by atoms with E-state index in [2.05, 4.69) is 0 Å². The van der Waals surface area contributed by atoms with E-state index in [1.807, 2.05) is 42.5 Å². The molecule has 0 unspecified atom stereocenters. The molecule has 220 valence electrons. The van der Waals surface area contributed by atoms with Crippen LogP contribution in [0.25, 0.3) is 97.1 Å². The van der Waals surface area contributed by atoms with E-state index in [4.69, 9.17) is 16.8 Å². The highest BCUT2D eigenvalue weighted by molar-refractivity contribution is 7.25. The summed E-state index contributed by atoms with van der Waals surface area (Å²) in [5.74, 6) is -0.594. The second kappa shape index (κ2) is 9.03. The number of furan rings is 1. The number of phenols is 1. The highest BCUT2D eigenvalue weighted by Crippen LogP contribution is 2.45. The molecule has 0 atom stereocenters. The van der Waals surface area contributed by atoms with Gasteiger partial charge < -0.3 is 18.7 Å². The van der Waals surface area contributed by atoms with Crippen molar-refractivity contribution >= 4 is 97.1 Å². The van der Waals surface area contributed by atoms with Crippen LogP contribution in [0.5, 0.6) is 5.75 Å². The fourth-order valence-corrected chi connectivity index (χ4v) is 8.00. The maximum atomic E-state index is 11.2. The molecule has 0 radical (unpaired) electrons. The summed E-state index contributed by atoms with van der Waals surface area (Å²) in [7, 11) is 0. The number of rotatable bonds is 2. The maximum Gasteiger partial charge on any atom is 0.137 e. The standard InChI is InChI=1S/C42H24N2O2S/c45-34-15-8-18-38-41(34)29-23-24(19-22-37(29)47-38)43-31-13-5-2-10-27(31)40-33(43)21-20-26-25-9-1-4-12-30(25)44(42(26)40)32-14-7-17-36-39(32)28-11-3-6-16-35(28)46-36/h1-23,45H/i3D,6D,7D,8D,11D,14D,15D,16D,17D,18D,19D,22D,23D. The molecule has 7 aromatic carbocycles. The average Bonchev–Trinajstić information content (AvgIpc) is 4.02. The zero-order valence-corrected chi connectivity index (χ0v) is 24.7. The zero-order chi connectivity index (χ0) is 42.1. The minimum Gasteiger partial charge on any atom is -0.507 e. The molecular weight excluding hydrogens is 597 g/mol. The van der Waals surface area contributed by atoms with Crippen LogP contribution in [0, 0.1) is 0 Å².